The minimum Gasteiger partial charge on any atom is -0.388 e. The predicted octanol–water partition coefficient (Wildman–Crippen LogP) is 3.95. The van der Waals surface area contributed by atoms with Gasteiger partial charge in [-0.15, -0.1) is 0 Å². The molecule has 1 unspecified atom stereocenters. The van der Waals surface area contributed by atoms with Crippen LogP contribution in [0.2, 0.25) is 5.02 Å². The van der Waals surface area contributed by atoms with Gasteiger partial charge in [-0.3, -0.25) is 0 Å². The van der Waals surface area contributed by atoms with Crippen molar-refractivity contribution < 1.29 is 9.50 Å². The molecule has 1 aromatic carbocycles. The number of aliphatic hydroxyl groups excluding tert-OH is 1. The smallest absolute Gasteiger partial charge is 0.142 e. The van der Waals surface area contributed by atoms with E-state index in [1.165, 1.54) is 12.1 Å². The molecule has 0 amide bonds. The topological polar surface area (TPSA) is 20.2 Å². The predicted molar refractivity (Wildman–Crippen MR) is 60.4 cm³/mol. The first-order chi connectivity index (χ1) is 7.10. The van der Waals surface area contributed by atoms with Crippen molar-refractivity contribution in [3.63, 3.8) is 0 Å². The van der Waals surface area contributed by atoms with Gasteiger partial charge in [0.2, 0.25) is 0 Å². The molecule has 0 aliphatic rings. The highest BCUT2D eigenvalue weighted by Crippen LogP contribution is 2.28. The van der Waals surface area contributed by atoms with Crippen molar-refractivity contribution in [1.29, 1.82) is 0 Å². The summed E-state index contributed by atoms with van der Waals surface area (Å²) in [4.78, 5) is 0. The molecule has 1 aromatic rings. The summed E-state index contributed by atoms with van der Waals surface area (Å²) in [7, 11) is 0. The van der Waals surface area contributed by atoms with E-state index in [4.69, 9.17) is 11.6 Å². The van der Waals surface area contributed by atoms with Crippen LogP contribution in [0.1, 0.15) is 38.4 Å². The van der Waals surface area contributed by atoms with E-state index < -0.39 is 11.9 Å². The fraction of sp³-hybridized carbons (Fsp3) is 0.500. The summed E-state index contributed by atoms with van der Waals surface area (Å²) in [5.74, 6) is -0.301. The Hall–Kier alpha value is -0.600. The highest BCUT2D eigenvalue weighted by atomic mass is 35.5. The summed E-state index contributed by atoms with van der Waals surface area (Å²) in [5.41, 5.74) is 0.602. The molecule has 0 spiro atoms. The Labute approximate surface area is 94.9 Å². The second kappa shape index (κ2) is 5.47. The fourth-order valence-electron chi connectivity index (χ4n) is 1.70. The van der Waals surface area contributed by atoms with E-state index in [1.807, 2.05) is 13.8 Å². The van der Waals surface area contributed by atoms with Crippen LogP contribution < -0.4 is 0 Å². The molecule has 1 nitrogen and oxygen atoms in total. The summed E-state index contributed by atoms with van der Waals surface area (Å²) < 4.78 is 13.2. The largest absolute Gasteiger partial charge is 0.388 e. The second-order valence-corrected chi connectivity index (χ2v) is 4.10. The van der Waals surface area contributed by atoms with Crippen LogP contribution >= 0.6 is 11.6 Å². The van der Waals surface area contributed by atoms with Gasteiger partial charge in [0.25, 0.3) is 0 Å². The Bertz CT molecular complexity index is 323. The molecule has 0 bridgehead atoms. The van der Waals surface area contributed by atoms with Crippen molar-refractivity contribution >= 4 is 11.6 Å². The van der Waals surface area contributed by atoms with Gasteiger partial charge in [0.15, 0.2) is 0 Å². The van der Waals surface area contributed by atoms with Gasteiger partial charge in [0.05, 0.1) is 11.1 Å². The highest BCUT2D eigenvalue weighted by molar-refractivity contribution is 6.30. The zero-order chi connectivity index (χ0) is 11.4. The number of rotatable bonds is 4. The molecule has 15 heavy (non-hydrogen) atoms. The first-order valence-electron chi connectivity index (χ1n) is 5.23. The van der Waals surface area contributed by atoms with Crippen molar-refractivity contribution in [2.24, 2.45) is 5.92 Å². The van der Waals surface area contributed by atoms with Gasteiger partial charge in [0, 0.05) is 0 Å². The third-order valence-electron chi connectivity index (χ3n) is 2.78. The van der Waals surface area contributed by atoms with E-state index in [1.54, 1.807) is 6.07 Å². The number of hydrogen-bond acceptors (Lipinski definition) is 1. The third kappa shape index (κ3) is 2.93. The maximum absolute atomic E-state index is 13.2. The van der Waals surface area contributed by atoms with Gasteiger partial charge in [-0.2, -0.15) is 0 Å². The molecule has 84 valence electrons. The van der Waals surface area contributed by atoms with E-state index >= 15 is 0 Å². The minimum absolute atomic E-state index is 0.0931. The molecule has 0 aliphatic carbocycles. The van der Waals surface area contributed by atoms with E-state index in [0.29, 0.717) is 5.56 Å². The van der Waals surface area contributed by atoms with Crippen molar-refractivity contribution in [2.45, 2.75) is 32.8 Å². The summed E-state index contributed by atoms with van der Waals surface area (Å²) in [6.45, 7) is 4.04. The van der Waals surface area contributed by atoms with Crippen molar-refractivity contribution in [2.75, 3.05) is 0 Å². The van der Waals surface area contributed by atoms with Gasteiger partial charge in [-0.1, -0.05) is 44.4 Å². The van der Waals surface area contributed by atoms with Crippen LogP contribution in [-0.2, 0) is 0 Å². The normalized spacial score (nSPS) is 13.2. The number of aliphatic hydroxyl groups is 1. The molecule has 0 fully saturated rings. The van der Waals surface area contributed by atoms with E-state index in [-0.39, 0.29) is 10.9 Å². The Morgan fingerprint density at radius 1 is 1.33 bits per heavy atom. The van der Waals surface area contributed by atoms with Gasteiger partial charge >= 0.3 is 0 Å². The van der Waals surface area contributed by atoms with Crippen molar-refractivity contribution in [1.82, 2.24) is 0 Å². The molecule has 0 heterocycles. The monoisotopic (exact) mass is 230 g/mol. The SMILES string of the molecule is CCC(CC)C(O)c1ccc(Cl)c(F)c1. The highest BCUT2D eigenvalue weighted by Gasteiger charge is 2.18. The lowest BCUT2D eigenvalue weighted by Crippen LogP contribution is -2.11. The first-order valence-corrected chi connectivity index (χ1v) is 5.60. The molecule has 1 atom stereocenters. The Morgan fingerprint density at radius 3 is 2.40 bits per heavy atom. The number of benzene rings is 1. The average molecular weight is 231 g/mol. The third-order valence-corrected chi connectivity index (χ3v) is 3.09. The molecular formula is C12H16ClFO. The van der Waals surface area contributed by atoms with Crippen LogP contribution in [0.5, 0.6) is 0 Å². The summed E-state index contributed by atoms with van der Waals surface area (Å²) in [6, 6.07) is 4.47. The van der Waals surface area contributed by atoms with Gasteiger partial charge in [0.1, 0.15) is 5.82 Å². The van der Waals surface area contributed by atoms with Crippen molar-refractivity contribution in [3.05, 3.63) is 34.6 Å². The molecule has 0 aromatic heterocycles. The van der Waals surface area contributed by atoms with E-state index in [0.717, 1.165) is 12.8 Å². The Kier molecular flexibility index (Phi) is 4.55. The molecule has 1 rings (SSSR count). The number of hydrogen-bond donors (Lipinski definition) is 1. The standard InChI is InChI=1S/C12H16ClFO/c1-3-8(4-2)12(15)9-5-6-10(13)11(14)7-9/h5-8,12,15H,3-4H2,1-2H3. The summed E-state index contributed by atoms with van der Waals surface area (Å²) in [6.07, 6.45) is 1.15. The van der Waals surface area contributed by atoms with Gasteiger partial charge in [-0.25, -0.2) is 4.39 Å². The van der Waals surface area contributed by atoms with Crippen LogP contribution in [0.25, 0.3) is 0 Å². The van der Waals surface area contributed by atoms with Crippen LogP contribution in [0, 0.1) is 11.7 Å². The van der Waals surface area contributed by atoms with E-state index in [9.17, 15) is 9.50 Å². The molecule has 0 radical (unpaired) electrons. The maximum Gasteiger partial charge on any atom is 0.142 e. The molecule has 0 saturated heterocycles. The van der Waals surface area contributed by atoms with Crippen LogP contribution in [0.3, 0.4) is 0 Å². The quantitative estimate of drug-likeness (QED) is 0.831. The Morgan fingerprint density at radius 2 is 1.93 bits per heavy atom. The molecule has 1 N–H and O–H groups in total. The lowest BCUT2D eigenvalue weighted by Gasteiger charge is -2.20. The minimum atomic E-state index is -0.605. The fourth-order valence-corrected chi connectivity index (χ4v) is 1.82. The average Bonchev–Trinajstić information content (AvgIpc) is 2.23. The molecule has 3 heteroatoms. The van der Waals surface area contributed by atoms with Crippen LogP contribution in [-0.4, -0.2) is 5.11 Å². The van der Waals surface area contributed by atoms with Crippen LogP contribution in [0.4, 0.5) is 4.39 Å². The second-order valence-electron chi connectivity index (χ2n) is 3.69. The number of halogens is 2. The Balaban J connectivity index is 2.90. The first kappa shape index (κ1) is 12.5. The van der Waals surface area contributed by atoms with Gasteiger partial charge in [-0.05, 0) is 23.6 Å². The molecular weight excluding hydrogens is 215 g/mol. The molecule has 0 aliphatic heterocycles. The molecule has 0 saturated carbocycles. The lowest BCUT2D eigenvalue weighted by molar-refractivity contribution is 0.103. The maximum atomic E-state index is 13.2. The zero-order valence-electron chi connectivity index (χ0n) is 9.00. The van der Waals surface area contributed by atoms with E-state index in [2.05, 4.69) is 0 Å². The zero-order valence-corrected chi connectivity index (χ0v) is 9.76. The van der Waals surface area contributed by atoms with Crippen molar-refractivity contribution in [3.8, 4) is 0 Å². The van der Waals surface area contributed by atoms with Gasteiger partial charge < -0.3 is 5.11 Å². The van der Waals surface area contributed by atoms with Crippen LogP contribution in [0.15, 0.2) is 18.2 Å². The lowest BCUT2D eigenvalue weighted by atomic mass is 9.91. The summed E-state index contributed by atoms with van der Waals surface area (Å²) in [5, 5.41) is 10.1. The summed E-state index contributed by atoms with van der Waals surface area (Å²) >= 11 is 5.58.